The fourth-order valence-corrected chi connectivity index (χ4v) is 5.62. The maximum absolute atomic E-state index is 13.6. The van der Waals surface area contributed by atoms with Crippen molar-refractivity contribution in [3.8, 4) is 0 Å². The Morgan fingerprint density at radius 3 is 2.69 bits per heavy atom. The van der Waals surface area contributed by atoms with Gasteiger partial charge in [0.25, 0.3) is 0 Å². The summed E-state index contributed by atoms with van der Waals surface area (Å²) in [4.78, 5) is 41.7. The fraction of sp³-hybridized carbons (Fsp3) is 0.625. The second-order valence-electron chi connectivity index (χ2n) is 9.02. The second kappa shape index (κ2) is 9.58. The van der Waals surface area contributed by atoms with Crippen LogP contribution in [0.1, 0.15) is 45.4 Å². The Morgan fingerprint density at radius 1 is 1.19 bits per heavy atom. The summed E-state index contributed by atoms with van der Waals surface area (Å²) in [5.41, 5.74) is -0.288. The van der Waals surface area contributed by atoms with Gasteiger partial charge in [-0.2, -0.15) is 0 Å². The van der Waals surface area contributed by atoms with Gasteiger partial charge in [0.2, 0.25) is 17.7 Å². The molecule has 8 nitrogen and oxygen atoms in total. The number of carbonyl (C=O) groups is 3. The summed E-state index contributed by atoms with van der Waals surface area (Å²) in [5.74, 6) is -1.91. The number of hydrogen-bond acceptors (Lipinski definition) is 5. The first-order valence-electron chi connectivity index (χ1n) is 11.8. The number of likely N-dealkylation sites (tertiary alicyclic amines) is 1. The molecule has 8 heteroatoms. The molecule has 0 aromatic heterocycles. The summed E-state index contributed by atoms with van der Waals surface area (Å²) in [6.45, 7) is 3.00. The lowest BCUT2D eigenvalue weighted by Crippen LogP contribution is -2.55. The molecule has 174 valence electrons. The van der Waals surface area contributed by atoms with Gasteiger partial charge < -0.3 is 25.4 Å². The van der Waals surface area contributed by atoms with Crippen molar-refractivity contribution in [3.63, 3.8) is 0 Å². The predicted octanol–water partition coefficient (Wildman–Crippen LogP) is 1.69. The molecule has 4 rings (SSSR count). The first kappa shape index (κ1) is 22.7. The number of aliphatic hydroxyl groups excluding tert-OH is 1. The zero-order valence-electron chi connectivity index (χ0n) is 18.6. The third-order valence-electron chi connectivity index (χ3n) is 7.03. The minimum Gasteiger partial charge on any atom is -0.396 e. The van der Waals surface area contributed by atoms with E-state index in [0.717, 1.165) is 12.8 Å². The molecular weight excluding hydrogens is 410 g/mol. The highest BCUT2D eigenvalue weighted by Crippen LogP contribution is 2.58. The van der Waals surface area contributed by atoms with Crippen LogP contribution >= 0.6 is 0 Å². The molecule has 0 aliphatic carbocycles. The first-order valence-corrected chi connectivity index (χ1v) is 11.8. The van der Waals surface area contributed by atoms with Gasteiger partial charge >= 0.3 is 0 Å². The van der Waals surface area contributed by atoms with Crippen molar-refractivity contribution >= 4 is 23.4 Å². The van der Waals surface area contributed by atoms with Gasteiger partial charge in [0, 0.05) is 25.4 Å². The Hall–Kier alpha value is -2.45. The summed E-state index contributed by atoms with van der Waals surface area (Å²) >= 11 is 0. The van der Waals surface area contributed by atoms with Crippen LogP contribution in [0, 0.1) is 11.8 Å². The van der Waals surface area contributed by atoms with Crippen molar-refractivity contribution in [2.45, 2.75) is 63.2 Å². The van der Waals surface area contributed by atoms with Crippen molar-refractivity contribution in [3.05, 3.63) is 30.3 Å². The average Bonchev–Trinajstić information content (AvgIpc) is 3.42. The predicted molar refractivity (Wildman–Crippen MR) is 119 cm³/mol. The van der Waals surface area contributed by atoms with E-state index in [1.807, 2.05) is 30.3 Å². The zero-order valence-corrected chi connectivity index (χ0v) is 18.6. The number of hydrogen-bond donors (Lipinski definition) is 3. The number of ether oxygens (including phenoxy) is 1. The lowest BCUT2D eigenvalue weighted by Gasteiger charge is -2.33. The third kappa shape index (κ3) is 3.90. The Labute approximate surface area is 188 Å². The number of nitrogens with one attached hydrogen (secondary N) is 2. The standard InChI is InChI=1S/C24H33N3O5/c1-2-3-13-25-22(30)20-24-12-11-17(32-24)18(21(29)26-16-9-5-4-6-10-16)19(24)23(31)27(20)14-7-8-15-28/h4-6,9-10,17-20,28H,2-3,7-8,11-15H2,1H3,(H,25,30)(H,26,29)/t17-,18+,19-,20?,24?/m0/s1. The van der Waals surface area contributed by atoms with Crippen LogP contribution in [0.2, 0.25) is 0 Å². The molecule has 3 heterocycles. The van der Waals surface area contributed by atoms with E-state index in [1.54, 1.807) is 4.90 Å². The van der Waals surface area contributed by atoms with Crippen LogP contribution < -0.4 is 10.6 Å². The van der Waals surface area contributed by atoms with Crippen LogP contribution in [0.5, 0.6) is 0 Å². The van der Waals surface area contributed by atoms with Crippen LogP contribution in [-0.2, 0) is 19.1 Å². The number of para-hydroxylation sites is 1. The number of aliphatic hydroxyl groups is 1. The Morgan fingerprint density at radius 2 is 1.97 bits per heavy atom. The molecule has 3 amide bonds. The van der Waals surface area contributed by atoms with E-state index >= 15 is 0 Å². The van der Waals surface area contributed by atoms with Crippen LogP contribution in [0.4, 0.5) is 5.69 Å². The largest absolute Gasteiger partial charge is 0.396 e. The van der Waals surface area contributed by atoms with Gasteiger partial charge in [0.15, 0.2) is 0 Å². The van der Waals surface area contributed by atoms with Crippen molar-refractivity contribution < 1.29 is 24.2 Å². The number of unbranched alkanes of at least 4 members (excludes halogenated alkanes) is 2. The SMILES string of the molecule is CCCCNC(=O)C1N(CCCCO)C(=O)[C@@H]2[C@H](C(=O)Nc3ccccc3)[C@@H]3CCC12O3. The first-order chi connectivity index (χ1) is 15.5. The smallest absolute Gasteiger partial charge is 0.245 e. The monoisotopic (exact) mass is 443 g/mol. The number of carbonyl (C=O) groups excluding carboxylic acids is 3. The molecule has 1 aromatic carbocycles. The van der Waals surface area contributed by atoms with E-state index in [-0.39, 0.29) is 30.4 Å². The summed E-state index contributed by atoms with van der Waals surface area (Å²) in [6, 6.07) is 8.43. The Balaban J connectivity index is 1.60. The maximum Gasteiger partial charge on any atom is 0.245 e. The lowest BCUT2D eigenvalue weighted by atomic mass is 9.70. The number of nitrogens with zero attached hydrogens (tertiary/aromatic N) is 1. The van der Waals surface area contributed by atoms with Gasteiger partial charge in [-0.15, -0.1) is 0 Å². The van der Waals surface area contributed by atoms with E-state index in [4.69, 9.17) is 4.74 Å². The van der Waals surface area contributed by atoms with Crippen LogP contribution in [-0.4, -0.2) is 65.2 Å². The maximum atomic E-state index is 13.6. The normalized spacial score (nSPS) is 30.4. The second-order valence-corrected chi connectivity index (χ2v) is 9.02. The third-order valence-corrected chi connectivity index (χ3v) is 7.03. The van der Waals surface area contributed by atoms with Crippen LogP contribution in [0.15, 0.2) is 30.3 Å². The molecule has 0 saturated carbocycles. The number of fused-ring (bicyclic) bond motifs is 1. The van der Waals surface area contributed by atoms with Gasteiger partial charge in [-0.3, -0.25) is 14.4 Å². The highest BCUT2D eigenvalue weighted by molar-refractivity contribution is 6.01. The number of amides is 3. The van der Waals surface area contributed by atoms with Crippen LogP contribution in [0.25, 0.3) is 0 Å². The molecule has 5 atom stereocenters. The van der Waals surface area contributed by atoms with E-state index < -0.39 is 23.5 Å². The molecule has 3 aliphatic rings. The highest BCUT2D eigenvalue weighted by atomic mass is 16.5. The van der Waals surface area contributed by atoms with Crippen LogP contribution in [0.3, 0.4) is 0 Å². The molecule has 3 aliphatic heterocycles. The number of benzene rings is 1. The fourth-order valence-electron chi connectivity index (χ4n) is 5.62. The number of anilines is 1. The van der Waals surface area contributed by atoms with Gasteiger partial charge in [-0.1, -0.05) is 31.5 Å². The molecule has 3 saturated heterocycles. The van der Waals surface area contributed by atoms with Crippen molar-refractivity contribution in [1.82, 2.24) is 10.2 Å². The topological polar surface area (TPSA) is 108 Å². The molecule has 3 fully saturated rings. The highest BCUT2D eigenvalue weighted by Gasteiger charge is 2.74. The molecule has 2 unspecified atom stereocenters. The van der Waals surface area contributed by atoms with Gasteiger partial charge in [-0.05, 0) is 44.2 Å². The van der Waals surface area contributed by atoms with E-state index in [9.17, 15) is 19.5 Å². The summed E-state index contributed by atoms with van der Waals surface area (Å²) in [6.07, 6.45) is 3.84. The summed E-state index contributed by atoms with van der Waals surface area (Å²) in [7, 11) is 0. The van der Waals surface area contributed by atoms with E-state index in [0.29, 0.717) is 44.5 Å². The van der Waals surface area contributed by atoms with E-state index in [2.05, 4.69) is 17.6 Å². The molecule has 3 N–H and O–H groups in total. The number of rotatable bonds is 10. The molecule has 2 bridgehead atoms. The van der Waals surface area contributed by atoms with Gasteiger partial charge in [-0.25, -0.2) is 0 Å². The minimum atomic E-state index is -0.962. The molecular formula is C24H33N3O5. The quantitative estimate of drug-likeness (QED) is 0.477. The Kier molecular flexibility index (Phi) is 6.81. The molecule has 1 aromatic rings. The Bertz CT molecular complexity index is 847. The molecule has 0 radical (unpaired) electrons. The molecule has 32 heavy (non-hydrogen) atoms. The lowest BCUT2D eigenvalue weighted by molar-refractivity contribution is -0.141. The van der Waals surface area contributed by atoms with Crippen molar-refractivity contribution in [2.75, 3.05) is 25.0 Å². The van der Waals surface area contributed by atoms with Gasteiger partial charge in [0.05, 0.1) is 17.9 Å². The minimum absolute atomic E-state index is 0.0324. The zero-order chi connectivity index (χ0) is 22.7. The molecule has 1 spiro atoms. The van der Waals surface area contributed by atoms with Crippen molar-refractivity contribution in [1.29, 1.82) is 0 Å². The summed E-state index contributed by atoms with van der Waals surface area (Å²) < 4.78 is 6.37. The van der Waals surface area contributed by atoms with Crippen molar-refractivity contribution in [2.24, 2.45) is 11.8 Å². The average molecular weight is 444 g/mol. The van der Waals surface area contributed by atoms with E-state index in [1.165, 1.54) is 0 Å². The van der Waals surface area contributed by atoms with Gasteiger partial charge in [0.1, 0.15) is 11.6 Å². The summed E-state index contributed by atoms with van der Waals surface area (Å²) in [5, 5.41) is 15.1.